The summed E-state index contributed by atoms with van der Waals surface area (Å²) in [6, 6.07) is 7.14. The number of halogens is 2. The normalized spacial score (nSPS) is 19.9. The Morgan fingerprint density at radius 2 is 2.40 bits per heavy atom. The fraction of sp³-hybridized carbons (Fsp3) is 0.533. The first-order valence-corrected chi connectivity index (χ1v) is 8.37. The van der Waals surface area contributed by atoms with Crippen molar-refractivity contribution in [3.8, 4) is 5.75 Å². The third-order valence-corrected chi connectivity index (χ3v) is 4.26. The summed E-state index contributed by atoms with van der Waals surface area (Å²) in [4.78, 5) is 14.2. The Labute approximate surface area is 133 Å². The summed E-state index contributed by atoms with van der Waals surface area (Å²) in [6.07, 6.45) is 1.73. The molecule has 2 rings (SSSR count). The van der Waals surface area contributed by atoms with Crippen molar-refractivity contribution in [3.05, 3.63) is 29.3 Å². The van der Waals surface area contributed by atoms with Gasteiger partial charge in [0, 0.05) is 23.4 Å². The maximum absolute atomic E-state index is 12.3. The van der Waals surface area contributed by atoms with Gasteiger partial charge in [-0.1, -0.05) is 33.6 Å². The van der Waals surface area contributed by atoms with Crippen molar-refractivity contribution in [2.24, 2.45) is 5.92 Å². The van der Waals surface area contributed by atoms with Crippen LogP contribution in [0, 0.1) is 5.92 Å². The number of hydrogen-bond donors (Lipinski definition) is 0. The smallest absolute Gasteiger partial charge is 0.263 e. The molecule has 5 heteroatoms. The van der Waals surface area contributed by atoms with Gasteiger partial charge in [-0.15, -0.1) is 0 Å². The van der Waals surface area contributed by atoms with E-state index in [1.165, 1.54) is 0 Å². The van der Waals surface area contributed by atoms with Crippen LogP contribution in [-0.2, 0) is 4.79 Å². The number of likely N-dealkylation sites (tertiary alicyclic amines) is 1. The molecule has 1 amide bonds. The molecule has 2 unspecified atom stereocenters. The highest BCUT2D eigenvalue weighted by molar-refractivity contribution is 9.09. The molecule has 0 saturated carbocycles. The van der Waals surface area contributed by atoms with Crippen LogP contribution in [0.25, 0.3) is 0 Å². The molecular formula is C15H19BrClNO2. The number of nitrogens with zero attached hydrogens (tertiary/aromatic N) is 1. The van der Waals surface area contributed by atoms with Crippen molar-refractivity contribution < 1.29 is 9.53 Å². The second-order valence-corrected chi connectivity index (χ2v) is 6.36. The van der Waals surface area contributed by atoms with Gasteiger partial charge in [-0.25, -0.2) is 0 Å². The lowest BCUT2D eigenvalue weighted by Crippen LogP contribution is -2.39. The van der Waals surface area contributed by atoms with Crippen LogP contribution in [0.4, 0.5) is 0 Å². The van der Waals surface area contributed by atoms with E-state index in [1.54, 1.807) is 19.1 Å². The number of benzene rings is 1. The van der Waals surface area contributed by atoms with Gasteiger partial charge in [-0.2, -0.15) is 0 Å². The van der Waals surface area contributed by atoms with Crippen LogP contribution in [0.1, 0.15) is 19.8 Å². The molecule has 2 atom stereocenters. The molecule has 0 spiro atoms. The number of amides is 1. The molecule has 1 fully saturated rings. The summed E-state index contributed by atoms with van der Waals surface area (Å²) in [7, 11) is 0. The molecule has 1 aromatic rings. The molecule has 0 N–H and O–H groups in total. The molecule has 1 aliphatic rings. The Bertz CT molecular complexity index is 469. The second kappa shape index (κ2) is 7.32. The molecule has 1 saturated heterocycles. The van der Waals surface area contributed by atoms with Crippen LogP contribution in [0.5, 0.6) is 5.75 Å². The van der Waals surface area contributed by atoms with Gasteiger partial charge in [0.15, 0.2) is 6.10 Å². The van der Waals surface area contributed by atoms with Gasteiger partial charge >= 0.3 is 0 Å². The Hall–Kier alpha value is -0.740. The first kappa shape index (κ1) is 15.6. The number of rotatable bonds is 5. The molecule has 110 valence electrons. The van der Waals surface area contributed by atoms with E-state index in [0.29, 0.717) is 16.7 Å². The van der Waals surface area contributed by atoms with Crippen LogP contribution < -0.4 is 4.74 Å². The number of ether oxygens (including phenoxy) is 1. The van der Waals surface area contributed by atoms with Crippen molar-refractivity contribution in [1.82, 2.24) is 4.90 Å². The van der Waals surface area contributed by atoms with Crippen molar-refractivity contribution in [2.75, 3.05) is 18.4 Å². The van der Waals surface area contributed by atoms with Gasteiger partial charge in [-0.05, 0) is 43.9 Å². The molecule has 1 aromatic carbocycles. The number of hydrogen-bond acceptors (Lipinski definition) is 2. The quantitative estimate of drug-likeness (QED) is 0.749. The van der Waals surface area contributed by atoms with E-state index in [9.17, 15) is 4.79 Å². The van der Waals surface area contributed by atoms with Gasteiger partial charge in [0.1, 0.15) is 5.75 Å². The third kappa shape index (κ3) is 4.13. The highest BCUT2D eigenvalue weighted by atomic mass is 79.9. The first-order chi connectivity index (χ1) is 9.60. The average Bonchev–Trinajstić information content (AvgIpc) is 2.87. The Balaban J connectivity index is 1.89. The van der Waals surface area contributed by atoms with Crippen molar-refractivity contribution >= 4 is 33.4 Å². The first-order valence-electron chi connectivity index (χ1n) is 6.87. The summed E-state index contributed by atoms with van der Waals surface area (Å²) >= 11 is 9.36. The molecule has 20 heavy (non-hydrogen) atoms. The number of carbonyl (C=O) groups excluding carboxylic acids is 1. The average molecular weight is 361 g/mol. The minimum atomic E-state index is -0.476. The lowest BCUT2D eigenvalue weighted by molar-refractivity contribution is -0.137. The molecule has 0 aromatic heterocycles. The van der Waals surface area contributed by atoms with Gasteiger partial charge in [0.05, 0.1) is 0 Å². The standard InChI is InChI=1S/C15H19BrClNO2/c1-11(20-14-4-2-3-13(17)9-14)15(19)18-8-6-12(10-18)5-7-16/h2-4,9,11-12H,5-8,10H2,1H3. The summed E-state index contributed by atoms with van der Waals surface area (Å²) in [5.41, 5.74) is 0. The van der Waals surface area contributed by atoms with Gasteiger partial charge in [-0.3, -0.25) is 4.79 Å². The van der Waals surface area contributed by atoms with Crippen LogP contribution >= 0.6 is 27.5 Å². The zero-order valence-corrected chi connectivity index (χ0v) is 13.9. The highest BCUT2D eigenvalue weighted by Crippen LogP contribution is 2.23. The van der Waals surface area contributed by atoms with E-state index in [2.05, 4.69) is 15.9 Å². The van der Waals surface area contributed by atoms with Crippen LogP contribution in [0.15, 0.2) is 24.3 Å². The predicted molar refractivity (Wildman–Crippen MR) is 84.6 cm³/mol. The van der Waals surface area contributed by atoms with Gasteiger partial charge in [0.25, 0.3) is 5.91 Å². The Morgan fingerprint density at radius 1 is 1.60 bits per heavy atom. The van der Waals surface area contributed by atoms with Gasteiger partial charge in [0.2, 0.25) is 0 Å². The fourth-order valence-corrected chi connectivity index (χ4v) is 3.30. The lowest BCUT2D eigenvalue weighted by Gasteiger charge is -2.22. The van der Waals surface area contributed by atoms with Crippen molar-refractivity contribution in [2.45, 2.75) is 25.9 Å². The van der Waals surface area contributed by atoms with Crippen molar-refractivity contribution in [3.63, 3.8) is 0 Å². The van der Waals surface area contributed by atoms with E-state index in [1.807, 2.05) is 17.0 Å². The Kier molecular flexibility index (Phi) is 5.73. The van der Waals surface area contributed by atoms with E-state index in [4.69, 9.17) is 16.3 Å². The molecule has 0 aliphatic carbocycles. The van der Waals surface area contributed by atoms with Crippen LogP contribution in [0.3, 0.4) is 0 Å². The number of carbonyl (C=O) groups is 1. The summed E-state index contributed by atoms with van der Waals surface area (Å²) in [5.74, 6) is 1.30. The zero-order chi connectivity index (χ0) is 14.5. The summed E-state index contributed by atoms with van der Waals surface area (Å²) in [5, 5.41) is 1.61. The van der Waals surface area contributed by atoms with E-state index in [0.717, 1.165) is 31.3 Å². The molecule has 0 radical (unpaired) electrons. The van der Waals surface area contributed by atoms with E-state index >= 15 is 0 Å². The molecule has 3 nitrogen and oxygen atoms in total. The largest absolute Gasteiger partial charge is 0.481 e. The third-order valence-electron chi connectivity index (χ3n) is 3.57. The van der Waals surface area contributed by atoms with Gasteiger partial charge < -0.3 is 9.64 Å². The minimum Gasteiger partial charge on any atom is -0.481 e. The molecule has 1 aliphatic heterocycles. The topological polar surface area (TPSA) is 29.5 Å². The van der Waals surface area contributed by atoms with Crippen LogP contribution in [-0.4, -0.2) is 35.3 Å². The molecule has 1 heterocycles. The predicted octanol–water partition coefficient (Wildman–Crippen LogP) is 3.74. The van der Waals surface area contributed by atoms with Crippen LogP contribution in [0.2, 0.25) is 5.02 Å². The van der Waals surface area contributed by atoms with E-state index in [-0.39, 0.29) is 5.91 Å². The SMILES string of the molecule is CC(Oc1cccc(Cl)c1)C(=O)N1CCC(CCBr)C1. The second-order valence-electron chi connectivity index (χ2n) is 5.13. The zero-order valence-electron chi connectivity index (χ0n) is 11.5. The molecular weight excluding hydrogens is 342 g/mol. The monoisotopic (exact) mass is 359 g/mol. The highest BCUT2D eigenvalue weighted by Gasteiger charge is 2.29. The Morgan fingerprint density at radius 3 is 3.10 bits per heavy atom. The maximum atomic E-state index is 12.3. The number of alkyl halides is 1. The minimum absolute atomic E-state index is 0.0575. The molecule has 0 bridgehead atoms. The summed E-state index contributed by atoms with van der Waals surface area (Å²) < 4.78 is 5.68. The van der Waals surface area contributed by atoms with Crippen molar-refractivity contribution in [1.29, 1.82) is 0 Å². The van der Waals surface area contributed by atoms with E-state index < -0.39 is 6.10 Å². The lowest BCUT2D eigenvalue weighted by atomic mass is 10.1. The maximum Gasteiger partial charge on any atom is 0.263 e. The summed E-state index contributed by atoms with van der Waals surface area (Å²) in [6.45, 7) is 3.47. The fourth-order valence-electron chi connectivity index (χ4n) is 2.47.